The van der Waals surface area contributed by atoms with E-state index in [2.05, 4.69) is 0 Å². The number of ether oxygens (including phenoxy) is 1. The number of sulfone groups is 1. The number of benzene rings is 2. The second-order valence-corrected chi connectivity index (χ2v) is 8.64. The Bertz CT molecular complexity index is 883. The van der Waals surface area contributed by atoms with E-state index in [9.17, 15) is 16.8 Å². The molecule has 0 heterocycles. The smallest absolute Gasteiger partial charge is 0.339 e. The number of hydrogen-bond acceptors (Lipinski definition) is 6. The van der Waals surface area contributed by atoms with E-state index in [0.717, 1.165) is 0 Å². The first-order valence-corrected chi connectivity index (χ1v) is 10.3. The maximum Gasteiger partial charge on any atom is 0.339 e. The molecule has 0 radical (unpaired) electrons. The highest BCUT2D eigenvalue weighted by Crippen LogP contribution is 2.23. The molecule has 0 aliphatic carbocycles. The lowest BCUT2D eigenvalue weighted by Gasteiger charge is -2.09. The molecule has 130 valence electrons. The average Bonchev–Trinajstić information content (AvgIpc) is 2.57. The fourth-order valence-corrected chi connectivity index (χ4v) is 3.73. The SMILES string of the molecule is CCOc1ccc(OS(=O)(=O)c2ccc(S(=O)(=O)CC)cc2)cc1. The fraction of sp³-hybridized carbons (Fsp3) is 0.250. The summed E-state index contributed by atoms with van der Waals surface area (Å²) in [4.78, 5) is -0.0449. The van der Waals surface area contributed by atoms with Crippen LogP contribution >= 0.6 is 0 Å². The third-order valence-electron chi connectivity index (χ3n) is 3.19. The van der Waals surface area contributed by atoms with Gasteiger partial charge in [-0.05, 0) is 55.5 Å². The van der Waals surface area contributed by atoms with Gasteiger partial charge in [0.15, 0.2) is 9.84 Å². The second-order valence-electron chi connectivity index (χ2n) is 4.82. The van der Waals surface area contributed by atoms with Crippen LogP contribution in [0.25, 0.3) is 0 Å². The van der Waals surface area contributed by atoms with Crippen molar-refractivity contribution in [3.8, 4) is 11.5 Å². The van der Waals surface area contributed by atoms with E-state index in [0.29, 0.717) is 12.4 Å². The summed E-state index contributed by atoms with van der Waals surface area (Å²) in [5.41, 5.74) is 0. The monoisotopic (exact) mass is 370 g/mol. The van der Waals surface area contributed by atoms with Crippen molar-refractivity contribution < 1.29 is 25.8 Å². The summed E-state index contributed by atoms with van der Waals surface area (Å²) in [6.07, 6.45) is 0. The van der Waals surface area contributed by atoms with Gasteiger partial charge in [-0.3, -0.25) is 0 Å². The van der Waals surface area contributed by atoms with E-state index >= 15 is 0 Å². The van der Waals surface area contributed by atoms with Crippen molar-refractivity contribution in [2.75, 3.05) is 12.4 Å². The van der Waals surface area contributed by atoms with Crippen molar-refractivity contribution in [3.63, 3.8) is 0 Å². The molecule has 0 unspecified atom stereocenters. The molecule has 0 amide bonds. The van der Waals surface area contributed by atoms with Crippen LogP contribution in [0.3, 0.4) is 0 Å². The molecule has 0 saturated heterocycles. The van der Waals surface area contributed by atoms with Crippen molar-refractivity contribution in [2.24, 2.45) is 0 Å². The Morgan fingerprint density at radius 3 is 1.75 bits per heavy atom. The van der Waals surface area contributed by atoms with E-state index in [1.54, 1.807) is 12.1 Å². The van der Waals surface area contributed by atoms with Gasteiger partial charge in [0, 0.05) is 0 Å². The molecule has 0 N–H and O–H groups in total. The highest BCUT2D eigenvalue weighted by atomic mass is 32.2. The summed E-state index contributed by atoms with van der Waals surface area (Å²) in [6.45, 7) is 3.87. The zero-order valence-corrected chi connectivity index (χ0v) is 14.9. The quantitative estimate of drug-likeness (QED) is 0.697. The van der Waals surface area contributed by atoms with Gasteiger partial charge in [0.05, 0.1) is 17.3 Å². The zero-order valence-electron chi connectivity index (χ0n) is 13.3. The van der Waals surface area contributed by atoms with E-state index in [4.69, 9.17) is 8.92 Å². The fourth-order valence-electron chi connectivity index (χ4n) is 1.91. The molecule has 0 spiro atoms. The second kappa shape index (κ2) is 7.23. The first-order chi connectivity index (χ1) is 11.3. The zero-order chi connectivity index (χ0) is 17.8. The Morgan fingerprint density at radius 1 is 0.750 bits per heavy atom. The Morgan fingerprint density at radius 2 is 1.25 bits per heavy atom. The number of rotatable bonds is 7. The normalized spacial score (nSPS) is 11.9. The summed E-state index contributed by atoms with van der Waals surface area (Å²) in [6, 6.07) is 11.1. The Balaban J connectivity index is 2.21. The van der Waals surface area contributed by atoms with Gasteiger partial charge in [0.25, 0.3) is 0 Å². The molecule has 0 aliphatic rings. The Kier molecular flexibility index (Phi) is 5.51. The third kappa shape index (κ3) is 4.27. The number of hydrogen-bond donors (Lipinski definition) is 0. The minimum absolute atomic E-state index is 0.0538. The molecule has 0 atom stereocenters. The van der Waals surface area contributed by atoms with Crippen LogP contribution in [0.2, 0.25) is 0 Å². The van der Waals surface area contributed by atoms with Crippen LogP contribution in [0.1, 0.15) is 13.8 Å². The maximum absolute atomic E-state index is 12.2. The lowest BCUT2D eigenvalue weighted by Crippen LogP contribution is -2.10. The van der Waals surface area contributed by atoms with E-state index in [1.807, 2.05) is 6.92 Å². The first-order valence-electron chi connectivity index (χ1n) is 7.28. The first kappa shape index (κ1) is 18.3. The molecule has 0 aliphatic heterocycles. The highest BCUT2D eigenvalue weighted by molar-refractivity contribution is 7.91. The van der Waals surface area contributed by atoms with Crippen molar-refractivity contribution in [3.05, 3.63) is 48.5 Å². The average molecular weight is 370 g/mol. The van der Waals surface area contributed by atoms with Crippen LogP contribution in [0, 0.1) is 0 Å². The minimum Gasteiger partial charge on any atom is -0.494 e. The van der Waals surface area contributed by atoms with Gasteiger partial charge < -0.3 is 8.92 Å². The summed E-state index contributed by atoms with van der Waals surface area (Å²) in [5.74, 6) is 0.696. The third-order valence-corrected chi connectivity index (χ3v) is 6.20. The van der Waals surface area contributed by atoms with E-state index < -0.39 is 20.0 Å². The topological polar surface area (TPSA) is 86.7 Å². The van der Waals surface area contributed by atoms with Crippen molar-refractivity contribution in [1.82, 2.24) is 0 Å². The molecule has 24 heavy (non-hydrogen) atoms. The minimum atomic E-state index is -4.04. The van der Waals surface area contributed by atoms with Crippen molar-refractivity contribution in [2.45, 2.75) is 23.6 Å². The molecule has 2 aromatic carbocycles. The Hall–Kier alpha value is -2.06. The van der Waals surface area contributed by atoms with E-state index in [1.165, 1.54) is 43.3 Å². The van der Waals surface area contributed by atoms with Crippen molar-refractivity contribution in [1.29, 1.82) is 0 Å². The van der Waals surface area contributed by atoms with Crippen LogP contribution in [-0.2, 0) is 20.0 Å². The van der Waals surface area contributed by atoms with Crippen LogP contribution in [0.5, 0.6) is 11.5 Å². The maximum atomic E-state index is 12.2. The molecule has 0 aromatic heterocycles. The standard InChI is InChI=1S/C16H18O6S2/c1-3-21-13-5-7-14(8-6-13)22-24(19,20)16-11-9-15(10-12-16)23(17,18)4-2/h5-12H,3-4H2,1-2H3. The molecule has 0 saturated carbocycles. The van der Waals surface area contributed by atoms with Crippen LogP contribution < -0.4 is 8.92 Å². The van der Waals surface area contributed by atoms with Crippen LogP contribution in [0.4, 0.5) is 0 Å². The predicted octanol–water partition coefficient (Wildman–Crippen LogP) is 2.65. The summed E-state index contributed by atoms with van der Waals surface area (Å²) >= 11 is 0. The molecular formula is C16H18O6S2. The predicted molar refractivity (Wildman–Crippen MR) is 89.6 cm³/mol. The molecule has 2 aromatic rings. The summed E-state index contributed by atoms with van der Waals surface area (Å²) in [5, 5.41) is 0. The van der Waals surface area contributed by atoms with E-state index in [-0.39, 0.29) is 21.3 Å². The highest BCUT2D eigenvalue weighted by Gasteiger charge is 2.18. The van der Waals surface area contributed by atoms with Gasteiger partial charge in [0.2, 0.25) is 0 Å². The Labute approximate surface area is 142 Å². The van der Waals surface area contributed by atoms with Crippen molar-refractivity contribution >= 4 is 20.0 Å². The van der Waals surface area contributed by atoms with Gasteiger partial charge in [-0.1, -0.05) is 6.92 Å². The van der Waals surface area contributed by atoms with Gasteiger partial charge in [-0.15, -0.1) is 0 Å². The summed E-state index contributed by atoms with van der Waals surface area (Å²) in [7, 11) is -7.42. The molecular weight excluding hydrogens is 352 g/mol. The van der Waals surface area contributed by atoms with Gasteiger partial charge in [-0.25, -0.2) is 8.42 Å². The van der Waals surface area contributed by atoms with Gasteiger partial charge >= 0.3 is 10.1 Å². The lowest BCUT2D eigenvalue weighted by atomic mass is 10.3. The molecule has 0 fully saturated rings. The lowest BCUT2D eigenvalue weighted by molar-refractivity contribution is 0.340. The molecule has 0 bridgehead atoms. The van der Waals surface area contributed by atoms with Crippen LogP contribution in [-0.4, -0.2) is 29.2 Å². The summed E-state index contributed by atoms with van der Waals surface area (Å²) < 4.78 is 58.3. The molecule has 6 nitrogen and oxygen atoms in total. The largest absolute Gasteiger partial charge is 0.494 e. The van der Waals surface area contributed by atoms with Gasteiger partial charge in [-0.2, -0.15) is 8.42 Å². The molecule has 2 rings (SSSR count). The molecule has 8 heteroatoms. The van der Waals surface area contributed by atoms with Crippen LogP contribution in [0.15, 0.2) is 58.3 Å². The van der Waals surface area contributed by atoms with Gasteiger partial charge in [0.1, 0.15) is 16.4 Å².